The SMILES string of the molecule is CC(C)CC(O)c1c(Cl)ccc(Br)c1Cl. The van der Waals surface area contributed by atoms with Gasteiger partial charge in [0, 0.05) is 15.1 Å². The lowest BCUT2D eigenvalue weighted by Crippen LogP contribution is -2.03. The number of benzene rings is 1. The molecule has 1 atom stereocenters. The first-order chi connectivity index (χ1) is 6.93. The van der Waals surface area contributed by atoms with Crippen LogP contribution in [0.15, 0.2) is 16.6 Å². The van der Waals surface area contributed by atoms with E-state index in [1.54, 1.807) is 12.1 Å². The number of rotatable bonds is 3. The van der Waals surface area contributed by atoms with Crippen molar-refractivity contribution in [1.82, 2.24) is 0 Å². The molecule has 0 spiro atoms. The van der Waals surface area contributed by atoms with Gasteiger partial charge >= 0.3 is 0 Å². The summed E-state index contributed by atoms with van der Waals surface area (Å²) in [6.45, 7) is 4.09. The largest absolute Gasteiger partial charge is 0.388 e. The standard InChI is InChI=1S/C11H13BrCl2O/c1-6(2)5-9(15)10-8(13)4-3-7(12)11(10)14/h3-4,6,9,15H,5H2,1-2H3. The summed E-state index contributed by atoms with van der Waals surface area (Å²) in [6, 6.07) is 3.51. The fourth-order valence-electron chi connectivity index (χ4n) is 1.41. The Labute approximate surface area is 109 Å². The third kappa shape index (κ3) is 3.35. The summed E-state index contributed by atoms with van der Waals surface area (Å²) in [5.41, 5.74) is 0.612. The van der Waals surface area contributed by atoms with Gasteiger partial charge in [-0.15, -0.1) is 0 Å². The van der Waals surface area contributed by atoms with Crippen LogP contribution in [0.5, 0.6) is 0 Å². The molecule has 0 aliphatic carbocycles. The van der Waals surface area contributed by atoms with Crippen molar-refractivity contribution in [2.24, 2.45) is 5.92 Å². The quantitative estimate of drug-likeness (QED) is 0.792. The Morgan fingerprint density at radius 1 is 1.33 bits per heavy atom. The summed E-state index contributed by atoms with van der Waals surface area (Å²) in [7, 11) is 0. The highest BCUT2D eigenvalue weighted by atomic mass is 79.9. The maximum absolute atomic E-state index is 9.99. The Morgan fingerprint density at radius 2 is 1.93 bits per heavy atom. The molecule has 0 aliphatic heterocycles. The van der Waals surface area contributed by atoms with E-state index in [4.69, 9.17) is 23.2 Å². The second-order valence-corrected chi connectivity index (χ2v) is 5.54. The molecule has 1 nitrogen and oxygen atoms in total. The van der Waals surface area contributed by atoms with Gasteiger partial charge in [-0.3, -0.25) is 0 Å². The van der Waals surface area contributed by atoms with E-state index in [0.717, 1.165) is 4.47 Å². The van der Waals surface area contributed by atoms with Crippen molar-refractivity contribution in [2.75, 3.05) is 0 Å². The van der Waals surface area contributed by atoms with Crippen LogP contribution in [0.4, 0.5) is 0 Å². The van der Waals surface area contributed by atoms with Crippen molar-refractivity contribution in [2.45, 2.75) is 26.4 Å². The Hall–Kier alpha value is 0.240. The lowest BCUT2D eigenvalue weighted by Gasteiger charge is -2.17. The zero-order chi connectivity index (χ0) is 11.6. The predicted molar refractivity (Wildman–Crippen MR) is 68.6 cm³/mol. The lowest BCUT2D eigenvalue weighted by molar-refractivity contribution is 0.151. The van der Waals surface area contributed by atoms with Crippen molar-refractivity contribution in [3.8, 4) is 0 Å². The van der Waals surface area contributed by atoms with Gasteiger partial charge in [0.1, 0.15) is 0 Å². The minimum absolute atomic E-state index is 0.395. The summed E-state index contributed by atoms with van der Waals surface area (Å²) in [5.74, 6) is 0.395. The Balaban J connectivity index is 3.07. The minimum atomic E-state index is -0.609. The Kier molecular flexibility index (Phi) is 4.91. The van der Waals surface area contributed by atoms with E-state index in [1.807, 2.05) is 13.8 Å². The molecule has 0 radical (unpaired) electrons. The van der Waals surface area contributed by atoms with Gasteiger partial charge in [0.05, 0.1) is 11.1 Å². The molecule has 1 unspecified atom stereocenters. The van der Waals surface area contributed by atoms with Crippen molar-refractivity contribution >= 4 is 39.1 Å². The monoisotopic (exact) mass is 310 g/mol. The maximum Gasteiger partial charge on any atom is 0.0821 e. The first-order valence-electron chi connectivity index (χ1n) is 4.75. The van der Waals surface area contributed by atoms with Gasteiger partial charge in [-0.25, -0.2) is 0 Å². The minimum Gasteiger partial charge on any atom is -0.388 e. The molecule has 0 saturated heterocycles. The second-order valence-electron chi connectivity index (χ2n) is 3.90. The van der Waals surface area contributed by atoms with Gasteiger partial charge in [0.15, 0.2) is 0 Å². The fraction of sp³-hybridized carbons (Fsp3) is 0.455. The molecule has 0 aromatic heterocycles. The third-order valence-electron chi connectivity index (χ3n) is 2.11. The molecule has 1 rings (SSSR count). The third-order valence-corrected chi connectivity index (χ3v) is 3.73. The number of aliphatic hydroxyl groups excluding tert-OH is 1. The van der Waals surface area contributed by atoms with Gasteiger partial charge in [0.25, 0.3) is 0 Å². The van der Waals surface area contributed by atoms with Gasteiger partial charge in [0.2, 0.25) is 0 Å². The van der Waals surface area contributed by atoms with Crippen LogP contribution in [0.3, 0.4) is 0 Å². The smallest absolute Gasteiger partial charge is 0.0821 e. The maximum atomic E-state index is 9.99. The fourth-order valence-corrected chi connectivity index (χ4v) is 2.38. The molecule has 1 N–H and O–H groups in total. The number of halogens is 3. The van der Waals surface area contributed by atoms with Crippen LogP contribution in [-0.4, -0.2) is 5.11 Å². The van der Waals surface area contributed by atoms with Crippen molar-refractivity contribution in [1.29, 1.82) is 0 Å². The molecular weight excluding hydrogens is 299 g/mol. The molecular formula is C11H13BrCl2O. The van der Waals surface area contributed by atoms with Gasteiger partial charge < -0.3 is 5.11 Å². The molecule has 1 aromatic carbocycles. The molecule has 0 aliphatic rings. The van der Waals surface area contributed by atoms with Gasteiger partial charge in [-0.1, -0.05) is 37.0 Å². The van der Waals surface area contributed by atoms with Crippen LogP contribution in [0.25, 0.3) is 0 Å². The van der Waals surface area contributed by atoms with Crippen LogP contribution in [0.1, 0.15) is 31.9 Å². The topological polar surface area (TPSA) is 20.2 Å². The summed E-state index contributed by atoms with van der Waals surface area (Å²) < 4.78 is 0.756. The van der Waals surface area contributed by atoms with Crippen molar-refractivity contribution in [3.63, 3.8) is 0 Å². The van der Waals surface area contributed by atoms with E-state index >= 15 is 0 Å². The van der Waals surface area contributed by atoms with E-state index in [1.165, 1.54) is 0 Å². The van der Waals surface area contributed by atoms with E-state index in [9.17, 15) is 5.11 Å². The molecule has 0 fully saturated rings. The Morgan fingerprint density at radius 3 is 2.47 bits per heavy atom. The van der Waals surface area contributed by atoms with Crippen LogP contribution in [0.2, 0.25) is 10.0 Å². The zero-order valence-electron chi connectivity index (χ0n) is 8.60. The number of aliphatic hydroxyl groups is 1. The van der Waals surface area contributed by atoms with Crippen molar-refractivity contribution < 1.29 is 5.11 Å². The first-order valence-corrected chi connectivity index (χ1v) is 6.29. The van der Waals surface area contributed by atoms with Gasteiger partial charge in [-0.05, 0) is 40.4 Å². The van der Waals surface area contributed by atoms with E-state index in [-0.39, 0.29) is 0 Å². The van der Waals surface area contributed by atoms with Gasteiger partial charge in [-0.2, -0.15) is 0 Å². The summed E-state index contributed by atoms with van der Waals surface area (Å²) >= 11 is 15.4. The van der Waals surface area contributed by atoms with Crippen LogP contribution >= 0.6 is 39.1 Å². The zero-order valence-corrected chi connectivity index (χ0v) is 11.7. The number of hydrogen-bond acceptors (Lipinski definition) is 1. The summed E-state index contributed by atoms with van der Waals surface area (Å²) in [6.07, 6.45) is 0.0399. The molecule has 0 amide bonds. The highest BCUT2D eigenvalue weighted by molar-refractivity contribution is 9.10. The second kappa shape index (κ2) is 5.53. The molecule has 1 aromatic rings. The van der Waals surface area contributed by atoms with E-state index in [0.29, 0.717) is 27.9 Å². The summed E-state index contributed by atoms with van der Waals surface area (Å²) in [4.78, 5) is 0. The molecule has 0 bridgehead atoms. The van der Waals surface area contributed by atoms with Crippen LogP contribution in [-0.2, 0) is 0 Å². The lowest BCUT2D eigenvalue weighted by atomic mass is 9.99. The number of hydrogen-bond donors (Lipinski definition) is 1. The van der Waals surface area contributed by atoms with E-state index < -0.39 is 6.10 Å². The van der Waals surface area contributed by atoms with Crippen LogP contribution < -0.4 is 0 Å². The van der Waals surface area contributed by atoms with Crippen molar-refractivity contribution in [3.05, 3.63) is 32.2 Å². The average Bonchev–Trinajstić information content (AvgIpc) is 2.11. The normalized spacial score (nSPS) is 13.3. The first kappa shape index (κ1) is 13.3. The molecule has 0 heterocycles. The molecule has 4 heteroatoms. The highest BCUT2D eigenvalue weighted by Gasteiger charge is 2.18. The molecule has 15 heavy (non-hydrogen) atoms. The molecule has 84 valence electrons. The highest BCUT2D eigenvalue weighted by Crippen LogP contribution is 2.37. The summed E-state index contributed by atoms with van der Waals surface area (Å²) in [5, 5.41) is 11.0. The Bertz CT molecular complexity index is 353. The van der Waals surface area contributed by atoms with E-state index in [2.05, 4.69) is 15.9 Å². The average molecular weight is 312 g/mol. The molecule has 0 saturated carbocycles. The predicted octanol–water partition coefficient (Wildman–Crippen LogP) is 4.84. The van der Waals surface area contributed by atoms with Crippen LogP contribution in [0, 0.1) is 5.92 Å².